The van der Waals surface area contributed by atoms with Crippen LogP contribution in [-0.4, -0.2) is 0 Å². The van der Waals surface area contributed by atoms with E-state index in [1.54, 1.807) is 0 Å². The van der Waals surface area contributed by atoms with E-state index >= 15 is 0 Å². The fourth-order valence-electron chi connectivity index (χ4n) is 1.81. The standard InChI is InChI=1S/C14H15F2NS/c1-7-5-13(18-9(7)3)14(17)10-6-11(15)8(2)4-12(10)16/h4-6,14H,17H2,1-3H3. The number of benzene rings is 1. The fourth-order valence-corrected chi connectivity index (χ4v) is 2.87. The zero-order valence-electron chi connectivity index (χ0n) is 10.6. The minimum Gasteiger partial charge on any atom is -0.320 e. The first-order valence-corrected chi connectivity index (χ1v) is 6.50. The normalized spacial score (nSPS) is 12.8. The lowest BCUT2D eigenvalue weighted by Gasteiger charge is -2.12. The van der Waals surface area contributed by atoms with Crippen molar-refractivity contribution in [3.8, 4) is 0 Å². The lowest BCUT2D eigenvalue weighted by atomic mass is 10.0. The Labute approximate surface area is 109 Å². The molecule has 0 aliphatic carbocycles. The fraction of sp³-hybridized carbons (Fsp3) is 0.286. The maximum absolute atomic E-state index is 13.8. The van der Waals surface area contributed by atoms with Gasteiger partial charge in [-0.2, -0.15) is 0 Å². The number of hydrogen-bond acceptors (Lipinski definition) is 2. The van der Waals surface area contributed by atoms with Gasteiger partial charge in [-0.25, -0.2) is 8.78 Å². The number of halogens is 2. The van der Waals surface area contributed by atoms with Gasteiger partial charge in [0.2, 0.25) is 0 Å². The zero-order chi connectivity index (χ0) is 13.4. The Hall–Kier alpha value is -1.26. The molecule has 1 aromatic heterocycles. The Morgan fingerprint density at radius 2 is 1.67 bits per heavy atom. The topological polar surface area (TPSA) is 26.0 Å². The molecule has 0 fully saturated rings. The van der Waals surface area contributed by atoms with Crippen molar-refractivity contribution < 1.29 is 8.78 Å². The summed E-state index contributed by atoms with van der Waals surface area (Å²) in [6, 6.07) is 3.71. The molecule has 0 aliphatic heterocycles. The van der Waals surface area contributed by atoms with Crippen LogP contribution in [0.4, 0.5) is 8.78 Å². The van der Waals surface area contributed by atoms with Crippen molar-refractivity contribution >= 4 is 11.3 Å². The average molecular weight is 267 g/mol. The summed E-state index contributed by atoms with van der Waals surface area (Å²) in [6.07, 6.45) is 0. The lowest BCUT2D eigenvalue weighted by Crippen LogP contribution is -2.13. The van der Waals surface area contributed by atoms with Crippen molar-refractivity contribution in [1.82, 2.24) is 0 Å². The van der Waals surface area contributed by atoms with Crippen LogP contribution in [0, 0.1) is 32.4 Å². The molecule has 1 aromatic carbocycles. The van der Waals surface area contributed by atoms with Gasteiger partial charge in [0.05, 0.1) is 6.04 Å². The molecule has 18 heavy (non-hydrogen) atoms. The summed E-state index contributed by atoms with van der Waals surface area (Å²) >= 11 is 1.52. The van der Waals surface area contributed by atoms with Gasteiger partial charge in [0.1, 0.15) is 11.6 Å². The second-order valence-electron chi connectivity index (χ2n) is 4.49. The number of rotatable bonds is 2. The first-order chi connectivity index (χ1) is 8.40. The van der Waals surface area contributed by atoms with Gasteiger partial charge in [0.25, 0.3) is 0 Å². The number of aryl methyl sites for hydroxylation is 3. The first-order valence-electron chi connectivity index (χ1n) is 5.68. The molecule has 1 unspecified atom stereocenters. The van der Waals surface area contributed by atoms with E-state index in [0.717, 1.165) is 15.3 Å². The van der Waals surface area contributed by atoms with Gasteiger partial charge < -0.3 is 5.73 Å². The van der Waals surface area contributed by atoms with Gasteiger partial charge in [0.15, 0.2) is 0 Å². The van der Waals surface area contributed by atoms with Crippen LogP contribution in [0.3, 0.4) is 0 Å². The summed E-state index contributed by atoms with van der Waals surface area (Å²) in [5.41, 5.74) is 7.65. The van der Waals surface area contributed by atoms with Crippen LogP contribution < -0.4 is 5.73 Å². The van der Waals surface area contributed by atoms with Crippen molar-refractivity contribution in [2.75, 3.05) is 0 Å². The molecule has 0 amide bonds. The molecule has 1 heterocycles. The molecule has 0 saturated heterocycles. The highest BCUT2D eigenvalue weighted by atomic mass is 32.1. The summed E-state index contributed by atoms with van der Waals surface area (Å²) in [5, 5.41) is 0. The van der Waals surface area contributed by atoms with E-state index in [1.165, 1.54) is 30.4 Å². The monoisotopic (exact) mass is 267 g/mol. The molecule has 96 valence electrons. The summed E-state index contributed by atoms with van der Waals surface area (Å²) < 4.78 is 27.3. The zero-order valence-corrected chi connectivity index (χ0v) is 11.4. The Morgan fingerprint density at radius 1 is 1.00 bits per heavy atom. The maximum atomic E-state index is 13.8. The van der Waals surface area contributed by atoms with Crippen LogP contribution in [-0.2, 0) is 0 Å². The van der Waals surface area contributed by atoms with Gasteiger partial charge in [-0.15, -0.1) is 11.3 Å². The smallest absolute Gasteiger partial charge is 0.128 e. The van der Waals surface area contributed by atoms with E-state index in [4.69, 9.17) is 5.73 Å². The van der Waals surface area contributed by atoms with E-state index in [2.05, 4.69) is 0 Å². The summed E-state index contributed by atoms with van der Waals surface area (Å²) in [6.45, 7) is 5.50. The van der Waals surface area contributed by atoms with Crippen LogP contribution in [0.5, 0.6) is 0 Å². The highest BCUT2D eigenvalue weighted by Gasteiger charge is 2.18. The Kier molecular flexibility index (Phi) is 3.50. The Bertz CT molecular complexity index is 570. The Morgan fingerprint density at radius 3 is 2.22 bits per heavy atom. The molecule has 0 radical (unpaired) electrons. The molecular weight excluding hydrogens is 252 g/mol. The SMILES string of the molecule is Cc1cc(F)c(C(N)c2cc(C)c(C)s2)cc1F. The van der Waals surface area contributed by atoms with Gasteiger partial charge in [-0.3, -0.25) is 0 Å². The number of hydrogen-bond donors (Lipinski definition) is 1. The van der Waals surface area contributed by atoms with Crippen molar-refractivity contribution in [3.05, 3.63) is 56.3 Å². The summed E-state index contributed by atoms with van der Waals surface area (Å²) in [7, 11) is 0. The van der Waals surface area contributed by atoms with Crippen LogP contribution in [0.1, 0.15) is 32.5 Å². The highest BCUT2D eigenvalue weighted by molar-refractivity contribution is 7.12. The van der Waals surface area contributed by atoms with Crippen LogP contribution in [0.25, 0.3) is 0 Å². The third-order valence-corrected chi connectivity index (χ3v) is 4.34. The Balaban J connectivity index is 2.45. The molecule has 0 bridgehead atoms. The minimum absolute atomic E-state index is 0.208. The molecule has 4 heteroatoms. The molecule has 0 spiro atoms. The largest absolute Gasteiger partial charge is 0.320 e. The predicted octanol–water partition coefficient (Wildman–Crippen LogP) is 4.00. The molecule has 1 atom stereocenters. The van der Waals surface area contributed by atoms with E-state index in [-0.39, 0.29) is 5.56 Å². The minimum atomic E-state index is -0.613. The van der Waals surface area contributed by atoms with E-state index < -0.39 is 17.7 Å². The lowest BCUT2D eigenvalue weighted by molar-refractivity contribution is 0.571. The third kappa shape index (κ3) is 2.31. The summed E-state index contributed by atoms with van der Waals surface area (Å²) in [4.78, 5) is 2.00. The highest BCUT2D eigenvalue weighted by Crippen LogP contribution is 2.31. The third-order valence-electron chi connectivity index (χ3n) is 3.10. The van der Waals surface area contributed by atoms with E-state index in [0.29, 0.717) is 5.56 Å². The predicted molar refractivity (Wildman–Crippen MR) is 70.9 cm³/mol. The van der Waals surface area contributed by atoms with Crippen molar-refractivity contribution in [3.63, 3.8) is 0 Å². The molecule has 2 rings (SSSR count). The van der Waals surface area contributed by atoms with Crippen LogP contribution in [0.15, 0.2) is 18.2 Å². The van der Waals surface area contributed by atoms with Crippen LogP contribution >= 0.6 is 11.3 Å². The van der Waals surface area contributed by atoms with Gasteiger partial charge in [-0.1, -0.05) is 0 Å². The molecule has 2 N–H and O–H groups in total. The number of nitrogens with two attached hydrogens (primary N) is 1. The second-order valence-corrected chi connectivity index (χ2v) is 5.78. The maximum Gasteiger partial charge on any atom is 0.128 e. The number of thiophene rings is 1. The molecule has 0 aliphatic rings. The van der Waals surface area contributed by atoms with Crippen LogP contribution in [0.2, 0.25) is 0 Å². The van der Waals surface area contributed by atoms with E-state index in [1.807, 2.05) is 19.9 Å². The molecular formula is C14H15F2NS. The average Bonchev–Trinajstić information content (AvgIpc) is 2.63. The first kappa shape index (κ1) is 13.2. The van der Waals surface area contributed by atoms with Crippen molar-refractivity contribution in [2.45, 2.75) is 26.8 Å². The molecule has 1 nitrogen and oxygen atoms in total. The van der Waals surface area contributed by atoms with E-state index in [9.17, 15) is 8.78 Å². The molecule has 2 aromatic rings. The van der Waals surface area contributed by atoms with Gasteiger partial charge >= 0.3 is 0 Å². The van der Waals surface area contributed by atoms with Gasteiger partial charge in [0, 0.05) is 15.3 Å². The second kappa shape index (κ2) is 4.78. The van der Waals surface area contributed by atoms with Gasteiger partial charge in [-0.05, 0) is 50.1 Å². The summed E-state index contributed by atoms with van der Waals surface area (Å²) in [5.74, 6) is -0.878. The quantitative estimate of drug-likeness (QED) is 0.874. The van der Waals surface area contributed by atoms with Crippen molar-refractivity contribution in [1.29, 1.82) is 0 Å². The molecule has 0 saturated carbocycles. The van der Waals surface area contributed by atoms with Crippen molar-refractivity contribution in [2.24, 2.45) is 5.73 Å².